The first-order valence-corrected chi connectivity index (χ1v) is 6.14. The van der Waals surface area contributed by atoms with Crippen molar-refractivity contribution in [3.63, 3.8) is 0 Å². The van der Waals surface area contributed by atoms with Crippen LogP contribution >= 0.6 is 0 Å². The topological polar surface area (TPSA) is 67.7 Å². The summed E-state index contributed by atoms with van der Waals surface area (Å²) < 4.78 is 10.8. The van der Waals surface area contributed by atoms with Crippen LogP contribution in [-0.2, 0) is 4.74 Å². The first kappa shape index (κ1) is 13.0. The second-order valence-electron chi connectivity index (χ2n) is 4.40. The molecule has 1 atom stereocenters. The lowest BCUT2D eigenvalue weighted by atomic mass is 10.4. The van der Waals surface area contributed by atoms with Gasteiger partial charge >= 0.3 is 0 Å². The third-order valence-electron chi connectivity index (χ3n) is 2.61. The Kier molecular flexibility index (Phi) is 4.33. The van der Waals surface area contributed by atoms with Crippen molar-refractivity contribution in [2.24, 2.45) is 0 Å². The summed E-state index contributed by atoms with van der Waals surface area (Å²) in [6.45, 7) is 6.73. The lowest BCUT2D eigenvalue weighted by molar-refractivity contribution is 0.115. The van der Waals surface area contributed by atoms with Gasteiger partial charge in [0.15, 0.2) is 5.82 Å². The molecule has 0 bridgehead atoms. The van der Waals surface area contributed by atoms with Crippen LogP contribution in [0.15, 0.2) is 6.20 Å². The van der Waals surface area contributed by atoms with Crippen molar-refractivity contribution in [3.8, 4) is 5.88 Å². The minimum atomic E-state index is -0.523. The molecule has 0 aliphatic carbocycles. The van der Waals surface area contributed by atoms with Crippen LogP contribution in [0.1, 0.15) is 12.6 Å². The van der Waals surface area contributed by atoms with E-state index in [-0.39, 0.29) is 6.61 Å². The average molecular weight is 253 g/mol. The Bertz CT molecular complexity index is 392. The summed E-state index contributed by atoms with van der Waals surface area (Å²) in [6, 6.07) is 0. The van der Waals surface area contributed by atoms with E-state index in [1.165, 1.54) is 0 Å². The van der Waals surface area contributed by atoms with Gasteiger partial charge in [0, 0.05) is 13.1 Å². The van der Waals surface area contributed by atoms with Gasteiger partial charge in [0.25, 0.3) is 5.88 Å². The minimum absolute atomic E-state index is 0.217. The van der Waals surface area contributed by atoms with Crippen LogP contribution in [0.3, 0.4) is 0 Å². The molecule has 1 aromatic rings. The van der Waals surface area contributed by atoms with Gasteiger partial charge in [-0.05, 0) is 13.8 Å². The predicted octanol–water partition coefficient (Wildman–Crippen LogP) is 0.381. The van der Waals surface area contributed by atoms with Gasteiger partial charge in [0.05, 0.1) is 31.2 Å². The fourth-order valence-corrected chi connectivity index (χ4v) is 1.74. The number of nitrogens with zero attached hydrogens (tertiary/aromatic N) is 3. The molecule has 1 aromatic heterocycles. The van der Waals surface area contributed by atoms with Gasteiger partial charge in [-0.15, -0.1) is 0 Å². The largest absolute Gasteiger partial charge is 0.472 e. The lowest BCUT2D eigenvalue weighted by Crippen LogP contribution is -2.37. The summed E-state index contributed by atoms with van der Waals surface area (Å²) >= 11 is 0. The van der Waals surface area contributed by atoms with Crippen molar-refractivity contribution in [3.05, 3.63) is 11.9 Å². The van der Waals surface area contributed by atoms with Gasteiger partial charge in [-0.25, -0.2) is 9.97 Å². The van der Waals surface area contributed by atoms with E-state index in [0.717, 1.165) is 24.6 Å². The fourth-order valence-electron chi connectivity index (χ4n) is 1.74. The Hall–Kier alpha value is -1.40. The summed E-state index contributed by atoms with van der Waals surface area (Å²) in [6.07, 6.45) is 1.15. The van der Waals surface area contributed by atoms with Crippen LogP contribution in [0, 0.1) is 6.92 Å². The number of morpholine rings is 1. The number of aromatic nitrogens is 2. The molecule has 1 aliphatic rings. The maximum atomic E-state index is 9.26. The molecule has 0 spiro atoms. The zero-order valence-corrected chi connectivity index (χ0v) is 10.8. The molecule has 1 unspecified atom stereocenters. The van der Waals surface area contributed by atoms with Gasteiger partial charge in [0.1, 0.15) is 6.61 Å². The highest BCUT2D eigenvalue weighted by molar-refractivity contribution is 5.48. The number of hydrogen-bond acceptors (Lipinski definition) is 6. The number of ether oxygens (including phenoxy) is 2. The number of hydrogen-bond donors (Lipinski definition) is 1. The van der Waals surface area contributed by atoms with Crippen LogP contribution in [0.4, 0.5) is 5.82 Å². The predicted molar refractivity (Wildman–Crippen MR) is 67.0 cm³/mol. The van der Waals surface area contributed by atoms with Gasteiger partial charge < -0.3 is 19.5 Å². The fraction of sp³-hybridized carbons (Fsp3) is 0.667. The van der Waals surface area contributed by atoms with Gasteiger partial charge in [0.2, 0.25) is 0 Å². The molecule has 6 heteroatoms. The Morgan fingerprint density at radius 1 is 1.50 bits per heavy atom. The molecule has 2 rings (SSSR count). The SMILES string of the molecule is Cc1cnc(OCC(C)O)c(N2CCOCC2)n1. The zero-order valence-electron chi connectivity index (χ0n) is 10.8. The smallest absolute Gasteiger partial charge is 0.257 e. The molecule has 2 heterocycles. The van der Waals surface area contributed by atoms with E-state index in [0.29, 0.717) is 19.1 Å². The van der Waals surface area contributed by atoms with Crippen molar-refractivity contribution in [1.82, 2.24) is 9.97 Å². The van der Waals surface area contributed by atoms with E-state index in [9.17, 15) is 5.11 Å². The molecule has 1 N–H and O–H groups in total. The summed E-state index contributed by atoms with van der Waals surface area (Å²) in [5.74, 6) is 1.21. The van der Waals surface area contributed by atoms with Crippen molar-refractivity contribution < 1.29 is 14.6 Å². The summed E-state index contributed by atoms with van der Waals surface area (Å²) in [7, 11) is 0. The number of aliphatic hydroxyl groups is 1. The van der Waals surface area contributed by atoms with Crippen molar-refractivity contribution >= 4 is 5.82 Å². The molecule has 1 saturated heterocycles. The summed E-state index contributed by atoms with van der Waals surface area (Å²) in [5, 5.41) is 9.26. The summed E-state index contributed by atoms with van der Waals surface area (Å²) in [4.78, 5) is 10.8. The minimum Gasteiger partial charge on any atom is -0.472 e. The monoisotopic (exact) mass is 253 g/mol. The highest BCUT2D eigenvalue weighted by Gasteiger charge is 2.18. The third-order valence-corrected chi connectivity index (χ3v) is 2.61. The molecule has 18 heavy (non-hydrogen) atoms. The van der Waals surface area contributed by atoms with Gasteiger partial charge in [-0.3, -0.25) is 0 Å². The Labute approximate surface area is 107 Å². The quantitative estimate of drug-likeness (QED) is 0.836. The number of anilines is 1. The second kappa shape index (κ2) is 5.97. The third kappa shape index (κ3) is 3.30. The van der Waals surface area contributed by atoms with Crippen LogP contribution in [-0.4, -0.2) is 54.1 Å². The zero-order chi connectivity index (χ0) is 13.0. The van der Waals surface area contributed by atoms with Crippen molar-refractivity contribution in [2.75, 3.05) is 37.8 Å². The Balaban J connectivity index is 2.16. The average Bonchev–Trinajstić information content (AvgIpc) is 2.38. The van der Waals surface area contributed by atoms with E-state index in [2.05, 4.69) is 14.9 Å². The maximum Gasteiger partial charge on any atom is 0.257 e. The van der Waals surface area contributed by atoms with Crippen LogP contribution in [0.5, 0.6) is 5.88 Å². The highest BCUT2D eigenvalue weighted by Crippen LogP contribution is 2.24. The van der Waals surface area contributed by atoms with E-state index >= 15 is 0 Å². The van der Waals surface area contributed by atoms with Crippen molar-refractivity contribution in [2.45, 2.75) is 20.0 Å². The normalized spacial score (nSPS) is 17.6. The molecular weight excluding hydrogens is 234 g/mol. The van der Waals surface area contributed by atoms with Crippen LogP contribution in [0.25, 0.3) is 0 Å². The lowest BCUT2D eigenvalue weighted by Gasteiger charge is -2.28. The highest BCUT2D eigenvalue weighted by atomic mass is 16.5. The summed E-state index contributed by atoms with van der Waals surface area (Å²) in [5.41, 5.74) is 0.848. The van der Waals surface area contributed by atoms with Gasteiger partial charge in [-0.2, -0.15) is 0 Å². The van der Waals surface area contributed by atoms with Crippen LogP contribution < -0.4 is 9.64 Å². The first-order valence-electron chi connectivity index (χ1n) is 6.14. The first-order chi connectivity index (χ1) is 8.66. The second-order valence-corrected chi connectivity index (χ2v) is 4.40. The molecule has 0 aromatic carbocycles. The van der Waals surface area contributed by atoms with Crippen LogP contribution in [0.2, 0.25) is 0 Å². The Morgan fingerprint density at radius 3 is 2.89 bits per heavy atom. The number of aryl methyl sites for hydroxylation is 1. The maximum absolute atomic E-state index is 9.26. The molecule has 0 amide bonds. The molecule has 0 radical (unpaired) electrons. The molecule has 1 fully saturated rings. The van der Waals surface area contributed by atoms with E-state index in [1.807, 2.05) is 6.92 Å². The standard InChI is InChI=1S/C12H19N3O3/c1-9-7-13-12(18-8-10(2)16)11(14-9)15-3-5-17-6-4-15/h7,10,16H,3-6,8H2,1-2H3. The Morgan fingerprint density at radius 2 is 2.22 bits per heavy atom. The van der Waals surface area contributed by atoms with Gasteiger partial charge in [-0.1, -0.05) is 0 Å². The molecular formula is C12H19N3O3. The van der Waals surface area contributed by atoms with E-state index < -0.39 is 6.10 Å². The van der Waals surface area contributed by atoms with E-state index in [4.69, 9.17) is 9.47 Å². The molecule has 100 valence electrons. The number of aliphatic hydroxyl groups excluding tert-OH is 1. The molecule has 0 saturated carbocycles. The van der Waals surface area contributed by atoms with Crippen molar-refractivity contribution in [1.29, 1.82) is 0 Å². The molecule has 1 aliphatic heterocycles. The number of rotatable bonds is 4. The molecule has 6 nitrogen and oxygen atoms in total. The van der Waals surface area contributed by atoms with E-state index in [1.54, 1.807) is 13.1 Å².